The molecule has 140 valence electrons. The summed E-state index contributed by atoms with van der Waals surface area (Å²) in [7, 11) is 0. The van der Waals surface area contributed by atoms with Gasteiger partial charge in [-0.15, -0.1) is 0 Å². The summed E-state index contributed by atoms with van der Waals surface area (Å²) >= 11 is 0. The van der Waals surface area contributed by atoms with Crippen LogP contribution in [0, 0.1) is 0 Å². The monoisotopic (exact) mass is 365 g/mol. The Hall–Kier alpha value is -3.02. The maximum atomic E-state index is 12.7. The lowest BCUT2D eigenvalue weighted by atomic mass is 10.0. The Morgan fingerprint density at radius 3 is 2.48 bits per heavy atom. The summed E-state index contributed by atoms with van der Waals surface area (Å²) in [5.74, 6) is 0.683. The maximum absolute atomic E-state index is 12.7. The molecule has 0 radical (unpaired) electrons. The number of likely N-dealkylation sites (tertiary alicyclic amines) is 1. The number of ether oxygens (including phenoxy) is 1. The molecule has 1 aliphatic heterocycles. The minimum absolute atomic E-state index is 0.0106. The van der Waals surface area contributed by atoms with Crippen molar-refractivity contribution in [1.82, 2.24) is 14.5 Å². The third-order valence-electron chi connectivity index (χ3n) is 5.17. The van der Waals surface area contributed by atoms with E-state index < -0.39 is 6.10 Å². The number of hydrogen-bond donors (Lipinski definition) is 1. The van der Waals surface area contributed by atoms with Gasteiger partial charge in [0.15, 0.2) is 6.10 Å². The summed E-state index contributed by atoms with van der Waals surface area (Å²) in [6.07, 6.45) is 0.983. The van der Waals surface area contributed by atoms with Crippen molar-refractivity contribution in [3.63, 3.8) is 0 Å². The van der Waals surface area contributed by atoms with Gasteiger partial charge in [-0.1, -0.05) is 30.3 Å². The number of nitrogens with zero attached hydrogens (tertiary/aromatic N) is 2. The standard InChI is InChI=1S/C21H23N3O3/c1-15(27-17-7-3-2-4-8-17)20(25)23-13-11-16(12-14-23)24-19-10-6-5-9-18(19)22-21(24)26/h2-10,15-16H,11-14H2,1H3,(H,22,26). The Bertz CT molecular complexity index is 985. The number of amides is 1. The van der Waals surface area contributed by atoms with Crippen LogP contribution in [0.15, 0.2) is 59.4 Å². The number of nitrogens with one attached hydrogen (secondary N) is 1. The van der Waals surface area contributed by atoms with Crippen LogP contribution < -0.4 is 10.4 Å². The van der Waals surface area contributed by atoms with Gasteiger partial charge in [0.25, 0.3) is 5.91 Å². The Balaban J connectivity index is 1.42. The first-order valence-corrected chi connectivity index (χ1v) is 9.33. The van der Waals surface area contributed by atoms with E-state index in [9.17, 15) is 9.59 Å². The number of carbonyl (C=O) groups is 1. The number of hydrogen-bond acceptors (Lipinski definition) is 3. The summed E-state index contributed by atoms with van der Waals surface area (Å²) in [6.45, 7) is 3.03. The number of imidazole rings is 1. The van der Waals surface area contributed by atoms with Crippen LogP contribution in [0.2, 0.25) is 0 Å². The van der Waals surface area contributed by atoms with Crippen LogP contribution in [0.3, 0.4) is 0 Å². The van der Waals surface area contributed by atoms with E-state index >= 15 is 0 Å². The molecule has 4 rings (SSSR count). The fraction of sp³-hybridized carbons (Fsp3) is 0.333. The van der Waals surface area contributed by atoms with Crippen LogP contribution in [-0.2, 0) is 4.79 Å². The molecule has 1 atom stereocenters. The van der Waals surface area contributed by atoms with Crippen molar-refractivity contribution in [2.45, 2.75) is 31.9 Å². The zero-order valence-electron chi connectivity index (χ0n) is 15.3. The molecule has 2 aromatic carbocycles. The van der Waals surface area contributed by atoms with Crippen molar-refractivity contribution >= 4 is 16.9 Å². The number of piperidine rings is 1. The minimum Gasteiger partial charge on any atom is -0.481 e. The van der Waals surface area contributed by atoms with Gasteiger partial charge in [-0.2, -0.15) is 0 Å². The fourth-order valence-electron chi connectivity index (χ4n) is 3.79. The van der Waals surface area contributed by atoms with E-state index in [0.29, 0.717) is 18.8 Å². The van der Waals surface area contributed by atoms with Gasteiger partial charge in [-0.25, -0.2) is 4.79 Å². The van der Waals surface area contributed by atoms with Gasteiger partial charge < -0.3 is 14.6 Å². The van der Waals surface area contributed by atoms with Crippen LogP contribution in [0.1, 0.15) is 25.8 Å². The number of rotatable bonds is 4. The lowest BCUT2D eigenvalue weighted by molar-refractivity contribution is -0.139. The average molecular weight is 365 g/mol. The van der Waals surface area contributed by atoms with E-state index in [4.69, 9.17) is 4.74 Å². The molecule has 3 aromatic rings. The molecule has 0 saturated carbocycles. The first-order chi connectivity index (χ1) is 13.1. The molecular weight excluding hydrogens is 342 g/mol. The molecule has 27 heavy (non-hydrogen) atoms. The van der Waals surface area contributed by atoms with E-state index in [1.807, 2.05) is 64.1 Å². The van der Waals surface area contributed by atoms with Crippen molar-refractivity contribution in [1.29, 1.82) is 0 Å². The molecule has 2 heterocycles. The Kier molecular flexibility index (Phi) is 4.71. The van der Waals surface area contributed by atoms with Crippen molar-refractivity contribution in [3.05, 3.63) is 65.1 Å². The Morgan fingerprint density at radius 2 is 1.74 bits per heavy atom. The molecule has 1 fully saturated rings. The second kappa shape index (κ2) is 7.31. The van der Waals surface area contributed by atoms with Crippen molar-refractivity contribution in [2.75, 3.05) is 13.1 Å². The Labute approximate surface area is 157 Å². The number of H-pyrrole nitrogens is 1. The third kappa shape index (κ3) is 3.47. The number of fused-ring (bicyclic) bond motifs is 1. The number of carbonyl (C=O) groups excluding carboxylic acids is 1. The quantitative estimate of drug-likeness (QED) is 0.773. The molecule has 6 nitrogen and oxygen atoms in total. The van der Waals surface area contributed by atoms with E-state index in [2.05, 4.69) is 4.98 Å². The normalized spacial score (nSPS) is 16.4. The largest absolute Gasteiger partial charge is 0.481 e. The van der Waals surface area contributed by atoms with Gasteiger partial charge in [0.05, 0.1) is 11.0 Å². The molecule has 1 N–H and O–H groups in total. The molecular formula is C21H23N3O3. The average Bonchev–Trinajstić information content (AvgIpc) is 3.04. The van der Waals surface area contributed by atoms with Gasteiger partial charge >= 0.3 is 5.69 Å². The van der Waals surface area contributed by atoms with E-state index in [1.165, 1.54) is 0 Å². The SMILES string of the molecule is CC(Oc1ccccc1)C(=O)N1CCC(n2c(=O)[nH]c3ccccc32)CC1. The summed E-state index contributed by atoms with van der Waals surface area (Å²) < 4.78 is 7.59. The molecule has 1 unspecified atom stereocenters. The molecule has 0 aliphatic carbocycles. The number of para-hydroxylation sites is 3. The van der Waals surface area contributed by atoms with Gasteiger partial charge in [-0.05, 0) is 44.0 Å². The van der Waals surface area contributed by atoms with Gasteiger partial charge in [0.2, 0.25) is 0 Å². The summed E-state index contributed by atoms with van der Waals surface area (Å²) in [6, 6.07) is 17.2. The summed E-state index contributed by atoms with van der Waals surface area (Å²) in [5, 5.41) is 0. The van der Waals surface area contributed by atoms with Gasteiger partial charge in [0, 0.05) is 19.1 Å². The van der Waals surface area contributed by atoms with Crippen molar-refractivity contribution in [3.8, 4) is 5.75 Å². The summed E-state index contributed by atoms with van der Waals surface area (Å²) in [4.78, 5) is 29.8. The number of aromatic amines is 1. The van der Waals surface area contributed by atoms with Crippen LogP contribution in [0.25, 0.3) is 11.0 Å². The molecule has 0 bridgehead atoms. The number of aromatic nitrogens is 2. The van der Waals surface area contributed by atoms with Crippen LogP contribution in [0.5, 0.6) is 5.75 Å². The van der Waals surface area contributed by atoms with Crippen LogP contribution in [-0.4, -0.2) is 39.6 Å². The van der Waals surface area contributed by atoms with Crippen LogP contribution >= 0.6 is 0 Å². The number of benzene rings is 2. The molecule has 1 saturated heterocycles. The zero-order chi connectivity index (χ0) is 18.8. The highest BCUT2D eigenvalue weighted by atomic mass is 16.5. The molecule has 1 aromatic heterocycles. The second-order valence-electron chi connectivity index (χ2n) is 6.95. The van der Waals surface area contributed by atoms with Crippen molar-refractivity contribution < 1.29 is 9.53 Å². The predicted octanol–water partition coefficient (Wildman–Crippen LogP) is 2.96. The smallest absolute Gasteiger partial charge is 0.326 e. The third-order valence-corrected chi connectivity index (χ3v) is 5.17. The Morgan fingerprint density at radius 1 is 1.07 bits per heavy atom. The molecule has 1 aliphatic rings. The van der Waals surface area contributed by atoms with Crippen LogP contribution in [0.4, 0.5) is 0 Å². The van der Waals surface area contributed by atoms with E-state index in [1.54, 1.807) is 6.92 Å². The summed E-state index contributed by atoms with van der Waals surface area (Å²) in [5.41, 5.74) is 1.70. The topological polar surface area (TPSA) is 67.3 Å². The van der Waals surface area contributed by atoms with Gasteiger partial charge in [-0.3, -0.25) is 9.36 Å². The molecule has 6 heteroatoms. The molecule has 0 spiro atoms. The first kappa shape index (κ1) is 17.4. The van der Waals surface area contributed by atoms with Gasteiger partial charge in [0.1, 0.15) is 5.75 Å². The lowest BCUT2D eigenvalue weighted by Crippen LogP contribution is -2.45. The van der Waals surface area contributed by atoms with E-state index in [0.717, 1.165) is 23.9 Å². The predicted molar refractivity (Wildman–Crippen MR) is 104 cm³/mol. The maximum Gasteiger partial charge on any atom is 0.326 e. The highest BCUT2D eigenvalue weighted by Crippen LogP contribution is 2.25. The second-order valence-corrected chi connectivity index (χ2v) is 6.95. The first-order valence-electron chi connectivity index (χ1n) is 9.33. The highest BCUT2D eigenvalue weighted by Gasteiger charge is 2.29. The molecule has 1 amide bonds. The zero-order valence-corrected chi connectivity index (χ0v) is 15.3. The van der Waals surface area contributed by atoms with Crippen molar-refractivity contribution in [2.24, 2.45) is 0 Å². The van der Waals surface area contributed by atoms with E-state index in [-0.39, 0.29) is 17.6 Å². The lowest BCUT2D eigenvalue weighted by Gasteiger charge is -2.34. The fourth-order valence-corrected chi connectivity index (χ4v) is 3.79. The highest BCUT2D eigenvalue weighted by molar-refractivity contribution is 5.81. The minimum atomic E-state index is -0.528.